The zero-order valence-corrected chi connectivity index (χ0v) is 18.0. The second-order valence-electron chi connectivity index (χ2n) is 9.83. The van der Waals surface area contributed by atoms with E-state index in [1.54, 1.807) is 0 Å². The molecule has 1 aliphatic carbocycles. The minimum atomic E-state index is 0.588. The van der Waals surface area contributed by atoms with E-state index >= 15 is 0 Å². The van der Waals surface area contributed by atoms with Crippen molar-refractivity contribution in [3.8, 4) is 0 Å². The van der Waals surface area contributed by atoms with E-state index in [0.717, 1.165) is 30.4 Å². The summed E-state index contributed by atoms with van der Waals surface area (Å²) >= 11 is 0. The third kappa shape index (κ3) is 5.01. The van der Waals surface area contributed by atoms with Crippen molar-refractivity contribution in [2.75, 3.05) is 53.0 Å². The van der Waals surface area contributed by atoms with Crippen LogP contribution in [0.25, 0.3) is 0 Å². The Kier molecular flexibility index (Phi) is 7.40. The number of likely N-dealkylation sites (tertiary alicyclic amines) is 1. The van der Waals surface area contributed by atoms with Gasteiger partial charge in [-0.15, -0.1) is 0 Å². The second-order valence-corrected chi connectivity index (χ2v) is 9.83. The molecule has 2 saturated heterocycles. The van der Waals surface area contributed by atoms with E-state index in [9.17, 15) is 0 Å². The molecule has 4 nitrogen and oxygen atoms in total. The highest BCUT2D eigenvalue weighted by Gasteiger charge is 2.36. The molecule has 152 valence electrons. The maximum Gasteiger partial charge on any atom is 0.0630 e. The topological polar surface area (TPSA) is 19.0 Å². The normalized spacial score (nSPS) is 33.1. The Hall–Kier alpha value is -0.160. The molecule has 4 heteroatoms. The lowest BCUT2D eigenvalue weighted by atomic mass is 9.79. The molecule has 0 bridgehead atoms. The van der Waals surface area contributed by atoms with Crippen LogP contribution in [0, 0.1) is 17.8 Å². The predicted molar refractivity (Wildman–Crippen MR) is 110 cm³/mol. The van der Waals surface area contributed by atoms with Crippen LogP contribution in [-0.2, 0) is 4.74 Å². The van der Waals surface area contributed by atoms with Gasteiger partial charge in [-0.3, -0.25) is 9.80 Å². The summed E-state index contributed by atoms with van der Waals surface area (Å²) in [6, 6.07) is 2.12. The molecule has 0 aromatic rings. The number of hydrogen-bond acceptors (Lipinski definition) is 4. The van der Waals surface area contributed by atoms with Crippen LogP contribution in [0.15, 0.2) is 0 Å². The fourth-order valence-corrected chi connectivity index (χ4v) is 5.45. The molecule has 3 aliphatic rings. The summed E-state index contributed by atoms with van der Waals surface area (Å²) in [7, 11) is 1.87. The second kappa shape index (κ2) is 9.36. The Morgan fingerprint density at radius 1 is 0.923 bits per heavy atom. The Bertz CT molecular complexity index is 414. The highest BCUT2D eigenvalue weighted by Crippen LogP contribution is 2.33. The van der Waals surface area contributed by atoms with Crippen LogP contribution < -0.4 is 0 Å². The Labute approximate surface area is 162 Å². The van der Waals surface area contributed by atoms with Gasteiger partial charge in [-0.05, 0) is 57.3 Å². The van der Waals surface area contributed by atoms with Gasteiger partial charge in [-0.2, -0.15) is 0 Å². The molecule has 1 atom stereocenters. The van der Waals surface area contributed by atoms with Crippen molar-refractivity contribution in [3.63, 3.8) is 0 Å². The minimum absolute atomic E-state index is 0.588. The van der Waals surface area contributed by atoms with E-state index in [-0.39, 0.29) is 0 Å². The molecule has 3 fully saturated rings. The summed E-state index contributed by atoms with van der Waals surface area (Å²) in [6.07, 6.45) is 5.69. The van der Waals surface area contributed by atoms with Gasteiger partial charge in [-0.25, -0.2) is 0 Å². The fourth-order valence-electron chi connectivity index (χ4n) is 5.45. The Morgan fingerprint density at radius 2 is 1.62 bits per heavy atom. The molecule has 0 spiro atoms. The van der Waals surface area contributed by atoms with Crippen LogP contribution in [0.4, 0.5) is 0 Å². The number of hydrogen-bond donors (Lipinski definition) is 0. The molecule has 0 aromatic carbocycles. The first-order chi connectivity index (χ1) is 12.5. The minimum Gasteiger partial charge on any atom is -0.383 e. The van der Waals surface area contributed by atoms with Crippen LogP contribution in [-0.4, -0.2) is 85.8 Å². The molecular weight excluding hydrogens is 322 g/mol. The van der Waals surface area contributed by atoms with E-state index in [2.05, 4.69) is 42.4 Å². The van der Waals surface area contributed by atoms with Crippen molar-refractivity contribution >= 4 is 0 Å². The van der Waals surface area contributed by atoms with Crippen LogP contribution in [0.2, 0.25) is 0 Å². The van der Waals surface area contributed by atoms with E-state index in [4.69, 9.17) is 4.74 Å². The third-order valence-corrected chi connectivity index (χ3v) is 7.40. The SMILES string of the molecule is COC[C@@H]1CN(C2CCC(C(C)C)CC2)CCN1CC1CN(C(C)C)C1. The maximum absolute atomic E-state index is 5.61. The lowest BCUT2D eigenvalue weighted by Crippen LogP contribution is -2.61. The molecule has 0 aromatic heterocycles. The predicted octanol–water partition coefficient (Wildman–Crippen LogP) is 3.17. The number of ether oxygens (including phenoxy) is 1. The zero-order valence-electron chi connectivity index (χ0n) is 18.0. The standard InChI is InChI=1S/C22H43N3O/c1-17(2)20-6-8-21(9-7-20)24-11-10-23(22(15-24)16-26-5)12-19-13-25(14-19)18(3)4/h17-22H,6-16H2,1-5H3/t20?,21?,22-/m0/s1. The van der Waals surface area contributed by atoms with E-state index in [0.29, 0.717) is 12.1 Å². The van der Waals surface area contributed by atoms with Gasteiger partial charge in [0.25, 0.3) is 0 Å². The third-order valence-electron chi connectivity index (χ3n) is 7.40. The Morgan fingerprint density at radius 3 is 2.19 bits per heavy atom. The average molecular weight is 366 g/mol. The summed E-state index contributed by atoms with van der Waals surface area (Å²) in [4.78, 5) is 8.14. The summed E-state index contributed by atoms with van der Waals surface area (Å²) in [5, 5.41) is 0. The van der Waals surface area contributed by atoms with Crippen LogP contribution >= 0.6 is 0 Å². The van der Waals surface area contributed by atoms with Crippen molar-refractivity contribution in [1.29, 1.82) is 0 Å². The largest absolute Gasteiger partial charge is 0.383 e. The monoisotopic (exact) mass is 365 g/mol. The smallest absolute Gasteiger partial charge is 0.0630 e. The first kappa shape index (κ1) is 20.6. The number of rotatable bonds is 7. The van der Waals surface area contributed by atoms with Gasteiger partial charge in [0.15, 0.2) is 0 Å². The van der Waals surface area contributed by atoms with Gasteiger partial charge in [-0.1, -0.05) is 13.8 Å². The summed E-state index contributed by atoms with van der Waals surface area (Å²) in [5.74, 6) is 2.69. The van der Waals surface area contributed by atoms with Crippen molar-refractivity contribution in [2.24, 2.45) is 17.8 Å². The van der Waals surface area contributed by atoms with Gasteiger partial charge < -0.3 is 9.64 Å². The van der Waals surface area contributed by atoms with Crippen molar-refractivity contribution in [3.05, 3.63) is 0 Å². The fraction of sp³-hybridized carbons (Fsp3) is 1.00. The average Bonchev–Trinajstić information content (AvgIpc) is 2.58. The molecule has 0 radical (unpaired) electrons. The number of nitrogens with zero attached hydrogens (tertiary/aromatic N) is 3. The first-order valence-electron chi connectivity index (χ1n) is 11.2. The molecular formula is C22H43N3O. The molecule has 0 amide bonds. The molecule has 2 aliphatic heterocycles. The van der Waals surface area contributed by atoms with Gasteiger partial charge in [0.1, 0.15) is 0 Å². The highest BCUT2D eigenvalue weighted by atomic mass is 16.5. The molecule has 2 heterocycles. The summed E-state index contributed by atoms with van der Waals surface area (Å²) in [5.41, 5.74) is 0. The molecule has 0 unspecified atom stereocenters. The number of piperazine rings is 1. The van der Waals surface area contributed by atoms with Crippen molar-refractivity contribution in [1.82, 2.24) is 14.7 Å². The van der Waals surface area contributed by atoms with E-state index in [1.807, 2.05) is 7.11 Å². The van der Waals surface area contributed by atoms with Gasteiger partial charge >= 0.3 is 0 Å². The molecule has 3 rings (SSSR count). The molecule has 1 saturated carbocycles. The van der Waals surface area contributed by atoms with E-state index in [1.165, 1.54) is 65.0 Å². The highest BCUT2D eigenvalue weighted by molar-refractivity contribution is 4.91. The zero-order chi connectivity index (χ0) is 18.7. The quantitative estimate of drug-likeness (QED) is 0.690. The van der Waals surface area contributed by atoms with E-state index < -0.39 is 0 Å². The van der Waals surface area contributed by atoms with Crippen LogP contribution in [0.1, 0.15) is 53.4 Å². The first-order valence-corrected chi connectivity index (χ1v) is 11.2. The van der Waals surface area contributed by atoms with Crippen LogP contribution in [0.3, 0.4) is 0 Å². The number of methoxy groups -OCH3 is 1. The summed E-state index contributed by atoms with van der Waals surface area (Å²) < 4.78 is 5.61. The molecule has 26 heavy (non-hydrogen) atoms. The van der Waals surface area contributed by atoms with Gasteiger partial charge in [0, 0.05) is 64.5 Å². The Balaban J connectivity index is 1.47. The lowest BCUT2D eigenvalue weighted by molar-refractivity contribution is -0.0299. The maximum atomic E-state index is 5.61. The molecule has 0 N–H and O–H groups in total. The van der Waals surface area contributed by atoms with Gasteiger partial charge in [0.2, 0.25) is 0 Å². The van der Waals surface area contributed by atoms with Crippen LogP contribution in [0.5, 0.6) is 0 Å². The lowest BCUT2D eigenvalue weighted by Gasteiger charge is -2.49. The van der Waals surface area contributed by atoms with Gasteiger partial charge in [0.05, 0.1) is 6.61 Å². The van der Waals surface area contributed by atoms with Crippen molar-refractivity contribution < 1.29 is 4.74 Å². The summed E-state index contributed by atoms with van der Waals surface area (Å²) in [6.45, 7) is 17.9. The van der Waals surface area contributed by atoms with Crippen molar-refractivity contribution in [2.45, 2.75) is 71.5 Å².